The molecule has 0 saturated heterocycles. The molecule has 0 heterocycles. The smallest absolute Gasteiger partial charge is 0.167 e. The molecule has 0 aliphatic carbocycles. The molecule has 0 saturated carbocycles. The van der Waals surface area contributed by atoms with E-state index < -0.39 is 0 Å². The molecule has 0 amide bonds. The second-order valence-corrected chi connectivity index (χ2v) is 7.66. The van der Waals surface area contributed by atoms with Crippen LogP contribution in [0.15, 0.2) is 0 Å². The zero-order valence-electron chi connectivity index (χ0n) is 8.82. The summed E-state index contributed by atoms with van der Waals surface area (Å²) in [7, 11) is -0.366. The molecule has 68 valence electrons. The van der Waals surface area contributed by atoms with Gasteiger partial charge in [-0.2, -0.15) is 0 Å². The van der Waals surface area contributed by atoms with Crippen molar-refractivity contribution in [1.82, 2.24) is 0 Å². The SMILES string of the molecule is CCC(C)(C)O[SiH2]C(C)(C)C. The van der Waals surface area contributed by atoms with Crippen LogP contribution in [-0.4, -0.2) is 15.4 Å². The first kappa shape index (κ1) is 11.2. The number of hydrogen-bond acceptors (Lipinski definition) is 1. The molecule has 0 radical (unpaired) electrons. The minimum atomic E-state index is -0.366. The highest BCUT2D eigenvalue weighted by Crippen LogP contribution is 2.24. The van der Waals surface area contributed by atoms with E-state index in [0.717, 1.165) is 6.42 Å². The molecule has 0 aromatic rings. The highest BCUT2D eigenvalue weighted by molar-refractivity contribution is 6.31. The third-order valence-electron chi connectivity index (χ3n) is 1.75. The van der Waals surface area contributed by atoms with Crippen molar-refractivity contribution in [3.05, 3.63) is 0 Å². The van der Waals surface area contributed by atoms with Gasteiger partial charge in [-0.1, -0.05) is 27.7 Å². The van der Waals surface area contributed by atoms with Crippen LogP contribution in [-0.2, 0) is 4.43 Å². The molecule has 11 heavy (non-hydrogen) atoms. The maximum Gasteiger partial charge on any atom is 0.167 e. The molecule has 0 atom stereocenters. The van der Waals surface area contributed by atoms with Gasteiger partial charge in [-0.15, -0.1) is 0 Å². The molecule has 0 aliphatic rings. The van der Waals surface area contributed by atoms with Gasteiger partial charge < -0.3 is 4.43 Å². The lowest BCUT2D eigenvalue weighted by atomic mass is 10.1. The second kappa shape index (κ2) is 3.72. The summed E-state index contributed by atoms with van der Waals surface area (Å²) in [6.07, 6.45) is 1.11. The quantitative estimate of drug-likeness (QED) is 0.597. The summed E-state index contributed by atoms with van der Waals surface area (Å²) in [5.41, 5.74) is 0.111. The predicted octanol–water partition coefficient (Wildman–Crippen LogP) is 2.49. The van der Waals surface area contributed by atoms with Crippen molar-refractivity contribution in [3.8, 4) is 0 Å². The Balaban J connectivity index is 3.70. The van der Waals surface area contributed by atoms with Crippen LogP contribution < -0.4 is 0 Å². The lowest BCUT2D eigenvalue weighted by Crippen LogP contribution is -2.28. The fraction of sp³-hybridized carbons (Fsp3) is 1.00. The van der Waals surface area contributed by atoms with Crippen molar-refractivity contribution in [2.75, 3.05) is 0 Å². The van der Waals surface area contributed by atoms with Crippen molar-refractivity contribution in [2.45, 2.75) is 58.6 Å². The highest BCUT2D eigenvalue weighted by Gasteiger charge is 2.20. The Morgan fingerprint density at radius 2 is 1.55 bits per heavy atom. The Kier molecular flexibility index (Phi) is 3.78. The Morgan fingerprint density at radius 1 is 1.09 bits per heavy atom. The normalized spacial score (nSPS) is 14.7. The average molecular weight is 174 g/mol. The molecular formula is C9H22OSi. The fourth-order valence-electron chi connectivity index (χ4n) is 0.514. The zero-order valence-corrected chi connectivity index (χ0v) is 10.2. The van der Waals surface area contributed by atoms with E-state index in [1.165, 1.54) is 0 Å². The predicted molar refractivity (Wildman–Crippen MR) is 53.7 cm³/mol. The third kappa shape index (κ3) is 6.57. The second-order valence-electron chi connectivity index (χ2n) is 4.96. The van der Waals surface area contributed by atoms with Crippen LogP contribution in [0.3, 0.4) is 0 Å². The summed E-state index contributed by atoms with van der Waals surface area (Å²) in [4.78, 5) is 0. The topological polar surface area (TPSA) is 9.23 Å². The van der Waals surface area contributed by atoms with Crippen molar-refractivity contribution in [2.24, 2.45) is 0 Å². The summed E-state index contributed by atoms with van der Waals surface area (Å²) in [6, 6.07) is 0. The molecule has 0 bridgehead atoms. The lowest BCUT2D eigenvalue weighted by molar-refractivity contribution is 0.106. The Labute approximate surface area is 73.5 Å². The molecule has 0 aliphatic heterocycles. The van der Waals surface area contributed by atoms with Gasteiger partial charge in [0.05, 0.1) is 0 Å². The van der Waals surface area contributed by atoms with E-state index in [4.69, 9.17) is 4.43 Å². The Bertz CT molecular complexity index is 113. The minimum absolute atomic E-state index is 0.111. The van der Waals surface area contributed by atoms with Crippen molar-refractivity contribution >= 4 is 9.76 Å². The van der Waals surface area contributed by atoms with Crippen molar-refractivity contribution in [1.29, 1.82) is 0 Å². The van der Waals surface area contributed by atoms with Crippen LogP contribution in [0.25, 0.3) is 0 Å². The van der Waals surface area contributed by atoms with Gasteiger partial charge in [0.25, 0.3) is 0 Å². The van der Waals surface area contributed by atoms with Crippen LogP contribution in [0.4, 0.5) is 0 Å². The first-order valence-corrected chi connectivity index (χ1v) is 5.69. The maximum atomic E-state index is 5.88. The van der Waals surface area contributed by atoms with Gasteiger partial charge >= 0.3 is 0 Å². The molecule has 0 unspecified atom stereocenters. The summed E-state index contributed by atoms with van der Waals surface area (Å²) in [5, 5.41) is 0.423. The average Bonchev–Trinajstić information content (AvgIpc) is 1.83. The number of hydrogen-bond donors (Lipinski definition) is 0. The summed E-state index contributed by atoms with van der Waals surface area (Å²) >= 11 is 0. The summed E-state index contributed by atoms with van der Waals surface area (Å²) < 4.78 is 5.88. The van der Waals surface area contributed by atoms with Crippen molar-refractivity contribution < 1.29 is 4.43 Å². The standard InChI is InChI=1S/C9H22OSi/c1-7-9(5,6)10-11-8(2,3)4/h7,11H2,1-6H3. The fourth-order valence-corrected chi connectivity index (χ4v) is 1.54. The molecule has 1 nitrogen and oxygen atoms in total. The first-order chi connectivity index (χ1) is 4.77. The van der Waals surface area contributed by atoms with Crippen LogP contribution in [0, 0.1) is 0 Å². The zero-order chi connectivity index (χ0) is 9.12. The van der Waals surface area contributed by atoms with Gasteiger partial charge in [-0.25, -0.2) is 0 Å². The van der Waals surface area contributed by atoms with Gasteiger partial charge in [0.1, 0.15) is 0 Å². The number of rotatable bonds is 3. The molecule has 0 aromatic carbocycles. The molecule has 0 fully saturated rings. The van der Waals surface area contributed by atoms with E-state index in [0.29, 0.717) is 5.04 Å². The minimum Gasteiger partial charge on any atom is -0.419 e. The lowest BCUT2D eigenvalue weighted by Gasteiger charge is -2.28. The van der Waals surface area contributed by atoms with Crippen LogP contribution in [0.1, 0.15) is 48.0 Å². The van der Waals surface area contributed by atoms with E-state index in [9.17, 15) is 0 Å². The maximum absolute atomic E-state index is 5.88. The first-order valence-electron chi connectivity index (χ1n) is 4.41. The van der Waals surface area contributed by atoms with E-state index in [2.05, 4.69) is 41.5 Å². The van der Waals surface area contributed by atoms with E-state index in [-0.39, 0.29) is 15.4 Å². The monoisotopic (exact) mass is 174 g/mol. The van der Waals surface area contributed by atoms with Gasteiger partial charge in [0.15, 0.2) is 9.76 Å². The molecule has 0 rings (SSSR count). The Hall–Kier alpha value is 0.177. The molecule has 0 N–H and O–H groups in total. The van der Waals surface area contributed by atoms with Crippen LogP contribution >= 0.6 is 0 Å². The largest absolute Gasteiger partial charge is 0.419 e. The highest BCUT2D eigenvalue weighted by atomic mass is 28.2. The molecule has 0 aromatic heterocycles. The van der Waals surface area contributed by atoms with Crippen LogP contribution in [0.5, 0.6) is 0 Å². The summed E-state index contributed by atoms with van der Waals surface area (Å²) in [6.45, 7) is 13.3. The van der Waals surface area contributed by atoms with Gasteiger partial charge in [0, 0.05) is 5.60 Å². The van der Waals surface area contributed by atoms with Crippen LogP contribution in [0.2, 0.25) is 5.04 Å². The van der Waals surface area contributed by atoms with Gasteiger partial charge in [-0.3, -0.25) is 0 Å². The summed E-state index contributed by atoms with van der Waals surface area (Å²) in [5.74, 6) is 0. The van der Waals surface area contributed by atoms with E-state index in [1.54, 1.807) is 0 Å². The van der Waals surface area contributed by atoms with Gasteiger partial charge in [0.2, 0.25) is 0 Å². The van der Waals surface area contributed by atoms with E-state index >= 15 is 0 Å². The molecular weight excluding hydrogens is 152 g/mol. The molecule has 0 spiro atoms. The van der Waals surface area contributed by atoms with E-state index in [1.807, 2.05) is 0 Å². The third-order valence-corrected chi connectivity index (χ3v) is 3.54. The van der Waals surface area contributed by atoms with Gasteiger partial charge in [-0.05, 0) is 25.3 Å². The molecule has 2 heteroatoms. The Morgan fingerprint density at radius 3 is 1.82 bits per heavy atom. The van der Waals surface area contributed by atoms with Crippen molar-refractivity contribution in [3.63, 3.8) is 0 Å².